The quantitative estimate of drug-likeness (QED) is 0.701. The van der Waals surface area contributed by atoms with Gasteiger partial charge < -0.3 is 10.1 Å². The average molecular weight is 199 g/mol. The molecule has 1 N–H and O–H groups in total. The molecule has 1 aliphatic rings. The Morgan fingerprint density at radius 3 is 2.79 bits per heavy atom. The minimum absolute atomic E-state index is 0.0874. The molecule has 0 amide bonds. The monoisotopic (exact) mass is 199 g/mol. The number of esters is 1. The van der Waals surface area contributed by atoms with E-state index >= 15 is 0 Å². The molecule has 82 valence electrons. The lowest BCUT2D eigenvalue weighted by molar-refractivity contribution is -0.150. The van der Waals surface area contributed by atoms with Crippen LogP contribution in [0.2, 0.25) is 0 Å². The predicted molar refractivity (Wildman–Crippen MR) is 56.1 cm³/mol. The molecular weight excluding hydrogens is 178 g/mol. The van der Waals surface area contributed by atoms with E-state index < -0.39 is 5.54 Å². The van der Waals surface area contributed by atoms with E-state index in [1.54, 1.807) is 0 Å². The fourth-order valence-electron chi connectivity index (χ4n) is 1.62. The standard InChI is InChI=1S/C11H21NO2/c1-9(2)5-8-14-10(13)11(3)6-4-7-12-11/h9,12H,4-8H2,1-3H3. The molecule has 1 saturated heterocycles. The van der Waals surface area contributed by atoms with Gasteiger partial charge in [-0.15, -0.1) is 0 Å². The summed E-state index contributed by atoms with van der Waals surface area (Å²) in [7, 11) is 0. The van der Waals surface area contributed by atoms with E-state index in [4.69, 9.17) is 4.74 Å². The Morgan fingerprint density at radius 1 is 1.57 bits per heavy atom. The molecule has 0 aliphatic carbocycles. The van der Waals surface area contributed by atoms with Crippen LogP contribution in [0.4, 0.5) is 0 Å². The Morgan fingerprint density at radius 2 is 2.29 bits per heavy atom. The van der Waals surface area contributed by atoms with Gasteiger partial charge in [-0.2, -0.15) is 0 Å². The van der Waals surface area contributed by atoms with Gasteiger partial charge in [-0.3, -0.25) is 4.79 Å². The summed E-state index contributed by atoms with van der Waals surface area (Å²) in [5.41, 5.74) is -0.420. The maximum Gasteiger partial charge on any atom is 0.326 e. The Kier molecular flexibility index (Phi) is 3.93. The average Bonchev–Trinajstić information content (AvgIpc) is 2.52. The summed E-state index contributed by atoms with van der Waals surface area (Å²) < 4.78 is 5.24. The predicted octanol–water partition coefficient (Wildman–Crippen LogP) is 1.72. The van der Waals surface area contributed by atoms with Crippen LogP contribution in [0.3, 0.4) is 0 Å². The molecule has 0 aromatic heterocycles. The summed E-state index contributed by atoms with van der Waals surface area (Å²) in [5, 5.41) is 3.20. The molecule has 3 heteroatoms. The third-order valence-corrected chi connectivity index (χ3v) is 2.75. The van der Waals surface area contributed by atoms with E-state index in [9.17, 15) is 4.79 Å². The van der Waals surface area contributed by atoms with Crippen molar-refractivity contribution in [2.45, 2.75) is 45.6 Å². The van der Waals surface area contributed by atoms with Crippen LogP contribution >= 0.6 is 0 Å². The molecular formula is C11H21NO2. The van der Waals surface area contributed by atoms with Gasteiger partial charge in [0.05, 0.1) is 6.61 Å². The number of hydrogen-bond donors (Lipinski definition) is 1. The van der Waals surface area contributed by atoms with Gasteiger partial charge in [0.2, 0.25) is 0 Å². The fourth-order valence-corrected chi connectivity index (χ4v) is 1.62. The molecule has 1 fully saturated rings. The van der Waals surface area contributed by atoms with Crippen molar-refractivity contribution < 1.29 is 9.53 Å². The van der Waals surface area contributed by atoms with Crippen LogP contribution < -0.4 is 5.32 Å². The van der Waals surface area contributed by atoms with Gasteiger partial charge in [-0.25, -0.2) is 0 Å². The molecule has 14 heavy (non-hydrogen) atoms. The fraction of sp³-hybridized carbons (Fsp3) is 0.909. The van der Waals surface area contributed by atoms with Crippen molar-refractivity contribution in [2.75, 3.05) is 13.2 Å². The highest BCUT2D eigenvalue weighted by atomic mass is 16.5. The first kappa shape index (κ1) is 11.5. The molecule has 0 spiro atoms. The van der Waals surface area contributed by atoms with E-state index in [1.807, 2.05) is 6.92 Å². The molecule has 0 aromatic carbocycles. The maximum atomic E-state index is 11.7. The van der Waals surface area contributed by atoms with Crippen LogP contribution in [0.5, 0.6) is 0 Å². The van der Waals surface area contributed by atoms with Gasteiger partial charge in [-0.1, -0.05) is 13.8 Å². The van der Waals surface area contributed by atoms with Crippen molar-refractivity contribution in [3.63, 3.8) is 0 Å². The second-order valence-corrected chi connectivity index (χ2v) is 4.68. The van der Waals surface area contributed by atoms with E-state index in [2.05, 4.69) is 19.2 Å². The van der Waals surface area contributed by atoms with E-state index in [0.717, 1.165) is 25.8 Å². The lowest BCUT2D eigenvalue weighted by Crippen LogP contribution is -2.45. The molecule has 1 aliphatic heterocycles. The largest absolute Gasteiger partial charge is 0.464 e. The Bertz CT molecular complexity index is 195. The molecule has 1 atom stereocenters. The Balaban J connectivity index is 2.27. The van der Waals surface area contributed by atoms with Crippen LogP contribution in [-0.2, 0) is 9.53 Å². The number of carbonyl (C=O) groups is 1. The summed E-state index contributed by atoms with van der Waals surface area (Å²) >= 11 is 0. The van der Waals surface area contributed by atoms with Crippen LogP contribution in [0, 0.1) is 5.92 Å². The lowest BCUT2D eigenvalue weighted by Gasteiger charge is -2.22. The van der Waals surface area contributed by atoms with Crippen molar-refractivity contribution in [1.82, 2.24) is 5.32 Å². The van der Waals surface area contributed by atoms with Crippen molar-refractivity contribution in [3.05, 3.63) is 0 Å². The van der Waals surface area contributed by atoms with Crippen LogP contribution in [0.15, 0.2) is 0 Å². The maximum absolute atomic E-state index is 11.7. The van der Waals surface area contributed by atoms with E-state index in [0.29, 0.717) is 12.5 Å². The molecule has 0 aromatic rings. The second-order valence-electron chi connectivity index (χ2n) is 4.68. The third kappa shape index (κ3) is 2.98. The lowest BCUT2D eigenvalue weighted by atomic mass is 10.0. The normalized spacial score (nSPS) is 26.9. The third-order valence-electron chi connectivity index (χ3n) is 2.75. The van der Waals surface area contributed by atoms with Gasteiger partial charge >= 0.3 is 5.97 Å². The molecule has 0 saturated carbocycles. The number of ether oxygens (including phenoxy) is 1. The second kappa shape index (κ2) is 4.78. The van der Waals surface area contributed by atoms with E-state index in [1.165, 1.54) is 0 Å². The molecule has 0 bridgehead atoms. The Hall–Kier alpha value is -0.570. The van der Waals surface area contributed by atoms with Gasteiger partial charge in [0, 0.05) is 0 Å². The summed E-state index contributed by atoms with van der Waals surface area (Å²) in [4.78, 5) is 11.7. The van der Waals surface area contributed by atoms with Crippen LogP contribution in [-0.4, -0.2) is 24.7 Å². The van der Waals surface area contributed by atoms with Gasteiger partial charge in [0.25, 0.3) is 0 Å². The summed E-state index contributed by atoms with van der Waals surface area (Å²) in [6.07, 6.45) is 2.91. The number of carbonyl (C=O) groups excluding carboxylic acids is 1. The summed E-state index contributed by atoms with van der Waals surface area (Å²) in [6, 6.07) is 0. The van der Waals surface area contributed by atoms with E-state index in [-0.39, 0.29) is 5.97 Å². The first-order valence-electron chi connectivity index (χ1n) is 5.47. The van der Waals surface area contributed by atoms with Crippen molar-refractivity contribution >= 4 is 5.97 Å². The first-order valence-corrected chi connectivity index (χ1v) is 5.47. The molecule has 3 nitrogen and oxygen atoms in total. The molecule has 1 rings (SSSR count). The highest BCUT2D eigenvalue weighted by Crippen LogP contribution is 2.20. The van der Waals surface area contributed by atoms with Crippen LogP contribution in [0.25, 0.3) is 0 Å². The summed E-state index contributed by atoms with van der Waals surface area (Å²) in [6.45, 7) is 7.66. The first-order chi connectivity index (χ1) is 6.54. The Labute approximate surface area is 86.2 Å². The van der Waals surface area contributed by atoms with Gasteiger partial charge in [0.15, 0.2) is 0 Å². The zero-order chi connectivity index (χ0) is 10.6. The minimum atomic E-state index is -0.420. The number of rotatable bonds is 4. The number of hydrogen-bond acceptors (Lipinski definition) is 3. The molecule has 1 heterocycles. The SMILES string of the molecule is CC(C)CCOC(=O)C1(C)CCCN1. The zero-order valence-corrected chi connectivity index (χ0v) is 9.43. The van der Waals surface area contributed by atoms with Crippen molar-refractivity contribution in [2.24, 2.45) is 5.92 Å². The highest BCUT2D eigenvalue weighted by Gasteiger charge is 2.37. The minimum Gasteiger partial charge on any atom is -0.464 e. The smallest absolute Gasteiger partial charge is 0.326 e. The summed E-state index contributed by atoms with van der Waals surface area (Å²) in [5.74, 6) is 0.503. The zero-order valence-electron chi connectivity index (χ0n) is 9.43. The van der Waals surface area contributed by atoms with Gasteiger partial charge in [0.1, 0.15) is 5.54 Å². The van der Waals surface area contributed by atoms with Crippen LogP contribution in [0.1, 0.15) is 40.0 Å². The number of nitrogens with one attached hydrogen (secondary N) is 1. The van der Waals surface area contributed by atoms with Crippen molar-refractivity contribution in [3.8, 4) is 0 Å². The topological polar surface area (TPSA) is 38.3 Å². The van der Waals surface area contributed by atoms with Crippen molar-refractivity contribution in [1.29, 1.82) is 0 Å². The highest BCUT2D eigenvalue weighted by molar-refractivity contribution is 5.80. The molecule has 0 radical (unpaired) electrons. The van der Waals surface area contributed by atoms with Gasteiger partial charge in [-0.05, 0) is 38.6 Å². The molecule has 1 unspecified atom stereocenters.